The topological polar surface area (TPSA) is 42.3 Å². The van der Waals surface area contributed by atoms with Crippen molar-refractivity contribution in [1.29, 1.82) is 0 Å². The van der Waals surface area contributed by atoms with Gasteiger partial charge in [-0.1, -0.05) is 80.4 Å². The van der Waals surface area contributed by atoms with Crippen LogP contribution in [0.25, 0.3) is 17.0 Å². The van der Waals surface area contributed by atoms with Gasteiger partial charge in [0, 0.05) is 38.2 Å². The highest BCUT2D eigenvalue weighted by atomic mass is 79.9. The van der Waals surface area contributed by atoms with E-state index in [0.717, 1.165) is 42.7 Å². The van der Waals surface area contributed by atoms with Crippen LogP contribution in [0.15, 0.2) is 92.8 Å². The van der Waals surface area contributed by atoms with Crippen LogP contribution in [0.4, 0.5) is 4.79 Å². The van der Waals surface area contributed by atoms with Crippen molar-refractivity contribution in [3.8, 4) is 0 Å². The van der Waals surface area contributed by atoms with Crippen LogP contribution in [0.3, 0.4) is 0 Å². The van der Waals surface area contributed by atoms with E-state index < -0.39 is 0 Å². The third-order valence-corrected chi connectivity index (χ3v) is 7.74. The molecule has 1 aliphatic rings. The van der Waals surface area contributed by atoms with E-state index >= 15 is 0 Å². The molecule has 0 saturated carbocycles. The number of carbonyl (C=O) groups is 2. The summed E-state index contributed by atoms with van der Waals surface area (Å²) in [5.41, 5.74) is 4.08. The highest BCUT2D eigenvalue weighted by Crippen LogP contribution is 2.35. The Morgan fingerprint density at radius 1 is 0.848 bits per heavy atom. The van der Waals surface area contributed by atoms with Crippen LogP contribution >= 0.6 is 43.6 Å². The zero-order chi connectivity index (χ0) is 22.9. The minimum Gasteiger partial charge on any atom is -0.342 e. The number of aromatic nitrogens is 1. The SMILES string of the molecule is O=C1S/C(=C\c2cn(Cc3ccc(Br)cc3)c3ccccc23)C(=O)N1Cc1ccccc1Br. The second-order valence-corrected chi connectivity index (χ2v) is 10.5. The van der Waals surface area contributed by atoms with Gasteiger partial charge < -0.3 is 4.57 Å². The summed E-state index contributed by atoms with van der Waals surface area (Å²) in [7, 11) is 0. The van der Waals surface area contributed by atoms with E-state index in [1.165, 1.54) is 10.5 Å². The predicted molar refractivity (Wildman–Crippen MR) is 141 cm³/mol. The molecule has 164 valence electrons. The first-order valence-corrected chi connectivity index (χ1v) is 12.7. The lowest BCUT2D eigenvalue weighted by Gasteiger charge is -2.13. The molecule has 3 aromatic carbocycles. The van der Waals surface area contributed by atoms with Crippen molar-refractivity contribution < 1.29 is 9.59 Å². The van der Waals surface area contributed by atoms with E-state index in [-0.39, 0.29) is 17.7 Å². The number of rotatable bonds is 5. The number of nitrogens with zero attached hydrogens (tertiary/aromatic N) is 2. The van der Waals surface area contributed by atoms with E-state index in [1.54, 1.807) is 0 Å². The molecule has 0 N–H and O–H groups in total. The van der Waals surface area contributed by atoms with E-state index in [2.05, 4.69) is 60.8 Å². The Morgan fingerprint density at radius 3 is 2.36 bits per heavy atom. The molecule has 0 unspecified atom stereocenters. The lowest BCUT2D eigenvalue weighted by molar-refractivity contribution is -0.123. The van der Waals surface area contributed by atoms with Gasteiger partial charge in [0.05, 0.1) is 11.4 Å². The van der Waals surface area contributed by atoms with E-state index in [1.807, 2.05) is 60.7 Å². The number of benzene rings is 3. The Bertz CT molecular complexity index is 1410. The molecule has 0 aliphatic carbocycles. The van der Waals surface area contributed by atoms with Crippen molar-refractivity contribution in [2.24, 2.45) is 0 Å². The number of fused-ring (bicyclic) bond motifs is 1. The quantitative estimate of drug-likeness (QED) is 0.230. The van der Waals surface area contributed by atoms with Crippen LogP contribution < -0.4 is 0 Å². The first kappa shape index (κ1) is 22.2. The van der Waals surface area contributed by atoms with Gasteiger partial charge in [0.1, 0.15) is 0 Å². The van der Waals surface area contributed by atoms with Crippen LogP contribution in [0.5, 0.6) is 0 Å². The third kappa shape index (κ3) is 4.58. The number of thioether (sulfide) groups is 1. The van der Waals surface area contributed by atoms with Crippen molar-refractivity contribution in [2.75, 3.05) is 0 Å². The zero-order valence-electron chi connectivity index (χ0n) is 17.4. The summed E-state index contributed by atoms with van der Waals surface area (Å²) in [5.74, 6) is -0.259. The molecule has 4 aromatic rings. The summed E-state index contributed by atoms with van der Waals surface area (Å²) in [6.07, 6.45) is 3.89. The Morgan fingerprint density at radius 2 is 1.58 bits per heavy atom. The van der Waals surface area contributed by atoms with Crippen LogP contribution in [-0.4, -0.2) is 20.6 Å². The second-order valence-electron chi connectivity index (χ2n) is 7.72. The molecule has 4 nitrogen and oxygen atoms in total. The lowest BCUT2D eigenvalue weighted by Crippen LogP contribution is -2.27. The molecule has 0 atom stereocenters. The Labute approximate surface area is 212 Å². The number of hydrogen-bond acceptors (Lipinski definition) is 3. The molecule has 5 rings (SSSR count). The van der Waals surface area contributed by atoms with Gasteiger partial charge in [-0.3, -0.25) is 14.5 Å². The van der Waals surface area contributed by atoms with E-state index in [0.29, 0.717) is 11.4 Å². The average Bonchev–Trinajstić information content (AvgIpc) is 3.29. The monoisotopic (exact) mass is 580 g/mol. The summed E-state index contributed by atoms with van der Waals surface area (Å²) in [6.45, 7) is 0.958. The Kier molecular flexibility index (Phi) is 6.27. The maximum absolute atomic E-state index is 13.1. The van der Waals surface area contributed by atoms with Gasteiger partial charge in [-0.05, 0) is 53.2 Å². The fourth-order valence-corrected chi connectivity index (χ4v) is 5.39. The molecule has 7 heteroatoms. The average molecular weight is 582 g/mol. The van der Waals surface area contributed by atoms with Crippen molar-refractivity contribution in [1.82, 2.24) is 9.47 Å². The summed E-state index contributed by atoms with van der Waals surface area (Å²) >= 11 is 7.97. The second kappa shape index (κ2) is 9.33. The summed E-state index contributed by atoms with van der Waals surface area (Å²) in [5, 5.41) is 0.799. The van der Waals surface area contributed by atoms with E-state index in [4.69, 9.17) is 0 Å². The number of carbonyl (C=O) groups excluding carboxylic acids is 2. The largest absolute Gasteiger partial charge is 0.342 e. The molecule has 0 bridgehead atoms. The number of amides is 2. The first-order chi connectivity index (χ1) is 16.0. The highest BCUT2D eigenvalue weighted by molar-refractivity contribution is 9.10. The summed E-state index contributed by atoms with van der Waals surface area (Å²) in [4.78, 5) is 27.5. The highest BCUT2D eigenvalue weighted by Gasteiger charge is 2.35. The van der Waals surface area contributed by atoms with Gasteiger partial charge in [-0.25, -0.2) is 0 Å². The van der Waals surface area contributed by atoms with Gasteiger partial charge in [-0.2, -0.15) is 0 Å². The molecule has 2 amide bonds. The number of imide groups is 1. The minimum absolute atomic E-state index is 0.245. The fourth-order valence-electron chi connectivity index (χ4n) is 3.88. The Balaban J connectivity index is 1.46. The van der Waals surface area contributed by atoms with Crippen molar-refractivity contribution in [2.45, 2.75) is 13.1 Å². The molecule has 2 heterocycles. The molecule has 1 saturated heterocycles. The fraction of sp³-hybridized carbons (Fsp3) is 0.0769. The smallest absolute Gasteiger partial charge is 0.293 e. The normalized spacial score (nSPS) is 15.2. The number of para-hydroxylation sites is 1. The van der Waals surface area contributed by atoms with Gasteiger partial charge in [-0.15, -0.1) is 0 Å². The van der Waals surface area contributed by atoms with Gasteiger partial charge in [0.25, 0.3) is 11.1 Å². The first-order valence-electron chi connectivity index (χ1n) is 10.3. The molecular weight excluding hydrogens is 564 g/mol. The standard InChI is InChI=1S/C26H18Br2N2O2S/c27-20-11-9-17(10-12-20)14-29-15-19(21-6-2-4-8-23(21)29)13-24-25(31)30(26(32)33-24)16-18-5-1-3-7-22(18)28/h1-13,15H,14,16H2/b24-13-. The van der Waals surface area contributed by atoms with Gasteiger partial charge in [0.15, 0.2) is 0 Å². The maximum atomic E-state index is 13.1. The van der Waals surface area contributed by atoms with Crippen molar-refractivity contribution in [3.05, 3.63) is 110 Å². The Hall–Kier alpha value is -2.61. The number of halogens is 2. The molecular formula is C26H18Br2N2O2S. The predicted octanol–water partition coefficient (Wildman–Crippen LogP) is 7.45. The number of hydrogen-bond donors (Lipinski definition) is 0. The van der Waals surface area contributed by atoms with Gasteiger partial charge >= 0.3 is 0 Å². The third-order valence-electron chi connectivity index (χ3n) is 5.53. The zero-order valence-corrected chi connectivity index (χ0v) is 21.4. The van der Waals surface area contributed by atoms with E-state index in [9.17, 15) is 9.59 Å². The minimum atomic E-state index is -0.259. The van der Waals surface area contributed by atoms with Crippen LogP contribution in [-0.2, 0) is 17.9 Å². The van der Waals surface area contributed by atoms with Crippen molar-refractivity contribution in [3.63, 3.8) is 0 Å². The lowest BCUT2D eigenvalue weighted by atomic mass is 10.1. The molecule has 0 radical (unpaired) electrons. The van der Waals surface area contributed by atoms with Crippen LogP contribution in [0, 0.1) is 0 Å². The van der Waals surface area contributed by atoms with Gasteiger partial charge in [0.2, 0.25) is 0 Å². The molecule has 1 aromatic heterocycles. The van der Waals surface area contributed by atoms with Crippen LogP contribution in [0.2, 0.25) is 0 Å². The summed E-state index contributed by atoms with van der Waals surface area (Å²) in [6, 6.07) is 24.0. The van der Waals surface area contributed by atoms with Crippen molar-refractivity contribution >= 4 is 71.7 Å². The van der Waals surface area contributed by atoms with Crippen LogP contribution in [0.1, 0.15) is 16.7 Å². The molecule has 0 spiro atoms. The maximum Gasteiger partial charge on any atom is 0.293 e. The molecule has 1 fully saturated rings. The molecule has 1 aliphatic heterocycles. The summed E-state index contributed by atoms with van der Waals surface area (Å²) < 4.78 is 4.10. The molecule has 33 heavy (non-hydrogen) atoms.